The number of hydrogen-bond donors (Lipinski definition) is 1. The van der Waals surface area contributed by atoms with Crippen molar-refractivity contribution in [1.29, 1.82) is 0 Å². The van der Waals surface area contributed by atoms with Crippen LogP contribution in [-0.4, -0.2) is 23.2 Å². The molecule has 128 valence electrons. The van der Waals surface area contributed by atoms with Crippen molar-refractivity contribution in [3.63, 3.8) is 0 Å². The first-order valence-electron chi connectivity index (χ1n) is 7.30. The third-order valence-electron chi connectivity index (χ3n) is 3.17. The van der Waals surface area contributed by atoms with E-state index in [1.165, 1.54) is 35.6 Å². The molecule has 3 aromatic rings. The second-order valence-electron chi connectivity index (χ2n) is 4.93. The molecule has 5 nitrogen and oxygen atoms in total. The van der Waals surface area contributed by atoms with E-state index in [2.05, 4.69) is 15.5 Å². The molecule has 0 aliphatic rings. The number of aromatic nitrogens is 2. The van der Waals surface area contributed by atoms with Crippen molar-refractivity contribution in [3.8, 4) is 5.75 Å². The Morgan fingerprint density at radius 3 is 2.80 bits per heavy atom. The molecule has 1 N–H and O–H groups in total. The predicted molar refractivity (Wildman–Crippen MR) is 96.8 cm³/mol. The van der Waals surface area contributed by atoms with Gasteiger partial charge in [-0.2, -0.15) is 0 Å². The third-order valence-corrected chi connectivity index (χ3v) is 5.28. The molecular formula is C17H14FN3O2S2. The summed E-state index contributed by atoms with van der Waals surface area (Å²) in [7, 11) is 1.63. The second-order valence-corrected chi connectivity index (χ2v) is 7.04. The van der Waals surface area contributed by atoms with E-state index >= 15 is 0 Å². The molecule has 1 heterocycles. The van der Waals surface area contributed by atoms with Crippen molar-refractivity contribution in [2.24, 2.45) is 0 Å². The molecule has 0 fully saturated rings. The van der Waals surface area contributed by atoms with Crippen molar-refractivity contribution in [2.75, 3.05) is 12.4 Å². The maximum Gasteiger partial charge on any atom is 0.286 e. The van der Waals surface area contributed by atoms with Gasteiger partial charge in [0.1, 0.15) is 16.6 Å². The van der Waals surface area contributed by atoms with Gasteiger partial charge in [-0.15, -0.1) is 22.0 Å². The van der Waals surface area contributed by atoms with Gasteiger partial charge in [-0.25, -0.2) is 4.39 Å². The van der Waals surface area contributed by atoms with Crippen LogP contribution in [0.2, 0.25) is 0 Å². The van der Waals surface area contributed by atoms with Crippen molar-refractivity contribution in [3.05, 3.63) is 64.4 Å². The lowest BCUT2D eigenvalue weighted by molar-refractivity contribution is 0.102. The van der Waals surface area contributed by atoms with Gasteiger partial charge in [0.15, 0.2) is 0 Å². The maximum atomic E-state index is 12.9. The number of thioether (sulfide) groups is 1. The van der Waals surface area contributed by atoms with Crippen LogP contribution in [0.1, 0.15) is 14.8 Å². The number of hydrogen-bond acceptors (Lipinski definition) is 6. The van der Waals surface area contributed by atoms with Crippen LogP contribution in [0.4, 0.5) is 10.1 Å². The molecule has 0 unspecified atom stereocenters. The van der Waals surface area contributed by atoms with Crippen molar-refractivity contribution in [1.82, 2.24) is 10.2 Å². The Hall–Kier alpha value is -2.45. The molecule has 0 aliphatic heterocycles. The van der Waals surface area contributed by atoms with Crippen LogP contribution in [0.5, 0.6) is 5.75 Å². The number of ether oxygens (including phenoxy) is 1. The van der Waals surface area contributed by atoms with Crippen molar-refractivity contribution >= 4 is 34.7 Å². The molecule has 1 aromatic heterocycles. The van der Waals surface area contributed by atoms with Crippen LogP contribution >= 0.6 is 23.1 Å². The van der Waals surface area contributed by atoms with Crippen LogP contribution in [-0.2, 0) is 5.75 Å². The highest BCUT2D eigenvalue weighted by Gasteiger charge is 2.13. The number of methoxy groups -OCH3 is 1. The summed E-state index contributed by atoms with van der Waals surface area (Å²) in [5.41, 5.74) is 0.508. The van der Waals surface area contributed by atoms with E-state index in [1.54, 1.807) is 18.9 Å². The van der Waals surface area contributed by atoms with Gasteiger partial charge in [-0.3, -0.25) is 4.79 Å². The minimum Gasteiger partial charge on any atom is -0.497 e. The van der Waals surface area contributed by atoms with Gasteiger partial charge in [-0.1, -0.05) is 17.4 Å². The molecule has 0 saturated carbocycles. The fourth-order valence-electron chi connectivity index (χ4n) is 1.96. The van der Waals surface area contributed by atoms with E-state index in [0.29, 0.717) is 11.4 Å². The highest BCUT2D eigenvalue weighted by molar-refractivity contribution is 7.98. The van der Waals surface area contributed by atoms with Crippen LogP contribution < -0.4 is 10.1 Å². The zero-order chi connectivity index (χ0) is 17.6. The van der Waals surface area contributed by atoms with Gasteiger partial charge >= 0.3 is 0 Å². The van der Waals surface area contributed by atoms with E-state index in [4.69, 9.17) is 4.74 Å². The summed E-state index contributed by atoms with van der Waals surface area (Å²) in [5, 5.41) is 11.6. The fourth-order valence-corrected chi connectivity index (χ4v) is 3.62. The number of benzene rings is 2. The summed E-state index contributed by atoms with van der Waals surface area (Å²) in [5.74, 6) is 0.684. The molecule has 0 aliphatic carbocycles. The first kappa shape index (κ1) is 17.4. The summed E-state index contributed by atoms with van der Waals surface area (Å²) >= 11 is 2.82. The molecule has 0 saturated heterocycles. The Bertz CT molecular complexity index is 868. The Morgan fingerprint density at radius 1 is 1.24 bits per heavy atom. The number of anilines is 1. The standard InChI is InChI=1S/C17H14FN3O2S2/c1-23-13-3-2-4-14(9-13)24-10-15-20-21-17(25-15)16(22)19-12-7-5-11(18)6-8-12/h2-9H,10H2,1H3,(H,19,22). The number of nitrogens with one attached hydrogen (secondary N) is 1. The van der Waals surface area contributed by atoms with Gasteiger partial charge in [0.25, 0.3) is 5.91 Å². The molecule has 8 heteroatoms. The second kappa shape index (κ2) is 8.09. The molecule has 0 spiro atoms. The Morgan fingerprint density at radius 2 is 2.04 bits per heavy atom. The average molecular weight is 375 g/mol. The van der Waals surface area contributed by atoms with Gasteiger partial charge in [0.2, 0.25) is 5.01 Å². The monoisotopic (exact) mass is 375 g/mol. The normalized spacial score (nSPS) is 10.5. The summed E-state index contributed by atoms with van der Waals surface area (Å²) in [6.07, 6.45) is 0. The first-order valence-corrected chi connectivity index (χ1v) is 9.10. The smallest absolute Gasteiger partial charge is 0.286 e. The fraction of sp³-hybridized carbons (Fsp3) is 0.118. The lowest BCUT2D eigenvalue weighted by Crippen LogP contribution is -2.11. The van der Waals surface area contributed by atoms with E-state index in [-0.39, 0.29) is 16.7 Å². The molecule has 0 atom stereocenters. The minimum absolute atomic E-state index is 0.269. The van der Waals surface area contributed by atoms with Crippen LogP contribution in [0, 0.1) is 5.82 Å². The van der Waals surface area contributed by atoms with E-state index in [9.17, 15) is 9.18 Å². The average Bonchev–Trinajstić information content (AvgIpc) is 3.11. The lowest BCUT2D eigenvalue weighted by atomic mass is 10.3. The van der Waals surface area contributed by atoms with Gasteiger partial charge in [-0.05, 0) is 42.5 Å². The molecule has 3 rings (SSSR count). The maximum absolute atomic E-state index is 12.9. The van der Waals surface area contributed by atoms with Gasteiger partial charge in [0, 0.05) is 10.6 Å². The number of carbonyl (C=O) groups excluding carboxylic acids is 1. The highest BCUT2D eigenvalue weighted by atomic mass is 32.2. The quantitative estimate of drug-likeness (QED) is 0.653. The lowest BCUT2D eigenvalue weighted by Gasteiger charge is -2.02. The first-order chi connectivity index (χ1) is 12.1. The van der Waals surface area contributed by atoms with Crippen LogP contribution in [0.3, 0.4) is 0 Å². The Kier molecular flexibility index (Phi) is 5.62. The third kappa shape index (κ3) is 4.77. The number of rotatable bonds is 6. The Labute approximate surface area is 152 Å². The number of nitrogens with zero attached hydrogens (tertiary/aromatic N) is 2. The van der Waals surface area contributed by atoms with E-state index in [1.807, 2.05) is 24.3 Å². The zero-order valence-corrected chi connectivity index (χ0v) is 14.9. The summed E-state index contributed by atoms with van der Waals surface area (Å²) in [6.45, 7) is 0. The number of amides is 1. The van der Waals surface area contributed by atoms with E-state index < -0.39 is 0 Å². The SMILES string of the molecule is COc1cccc(SCc2nnc(C(=O)Nc3ccc(F)cc3)s2)c1. The van der Waals surface area contributed by atoms with Crippen molar-refractivity contribution < 1.29 is 13.9 Å². The highest BCUT2D eigenvalue weighted by Crippen LogP contribution is 2.27. The molecular weight excluding hydrogens is 361 g/mol. The molecule has 0 bridgehead atoms. The van der Waals surface area contributed by atoms with Crippen LogP contribution in [0.25, 0.3) is 0 Å². The Balaban J connectivity index is 1.59. The van der Waals surface area contributed by atoms with Gasteiger partial charge < -0.3 is 10.1 Å². The van der Waals surface area contributed by atoms with Gasteiger partial charge in [0.05, 0.1) is 12.9 Å². The van der Waals surface area contributed by atoms with Crippen LogP contribution in [0.15, 0.2) is 53.4 Å². The largest absolute Gasteiger partial charge is 0.497 e. The molecule has 25 heavy (non-hydrogen) atoms. The predicted octanol–water partition coefficient (Wildman–Crippen LogP) is 4.23. The summed E-state index contributed by atoms with van der Waals surface area (Å²) in [4.78, 5) is 13.2. The molecule has 2 aromatic carbocycles. The van der Waals surface area contributed by atoms with E-state index in [0.717, 1.165) is 15.7 Å². The van der Waals surface area contributed by atoms with Crippen molar-refractivity contribution in [2.45, 2.75) is 10.6 Å². The summed E-state index contributed by atoms with van der Waals surface area (Å²) < 4.78 is 18.1. The molecule has 0 radical (unpaired) electrons. The molecule has 1 amide bonds. The topological polar surface area (TPSA) is 64.1 Å². The number of halogens is 1. The minimum atomic E-state index is -0.360. The number of carbonyl (C=O) groups is 1. The summed E-state index contributed by atoms with van der Waals surface area (Å²) in [6, 6.07) is 13.3. The zero-order valence-electron chi connectivity index (χ0n) is 13.2.